The Balaban J connectivity index is 1.93. The van der Waals surface area contributed by atoms with Crippen LogP contribution in [0.4, 0.5) is 4.39 Å². The molecule has 0 aromatic heterocycles. The molecule has 0 radical (unpaired) electrons. The van der Waals surface area contributed by atoms with Crippen LogP contribution < -0.4 is 5.32 Å². The molecule has 5 heteroatoms. The van der Waals surface area contributed by atoms with Gasteiger partial charge < -0.3 is 5.32 Å². The average Bonchev–Trinajstić information content (AvgIpc) is 2.52. The molecule has 0 heterocycles. The fraction of sp³-hybridized carbons (Fsp3) is 0.375. The number of halogens is 1. The summed E-state index contributed by atoms with van der Waals surface area (Å²) in [6, 6.07) is 8.32. The van der Waals surface area contributed by atoms with Crippen LogP contribution in [-0.2, 0) is 4.79 Å². The van der Waals surface area contributed by atoms with Crippen LogP contribution in [0.15, 0.2) is 41.3 Å². The second kappa shape index (κ2) is 7.84. The molecule has 1 aliphatic carbocycles. The lowest BCUT2D eigenvalue weighted by Gasteiger charge is -2.27. The Morgan fingerprint density at radius 3 is 2.76 bits per heavy atom. The highest BCUT2D eigenvalue weighted by atomic mass is 32.2. The number of benzene rings is 1. The van der Waals surface area contributed by atoms with Crippen molar-refractivity contribution in [2.75, 3.05) is 12.3 Å². The summed E-state index contributed by atoms with van der Waals surface area (Å²) in [6.07, 6.45) is 5.70. The number of nitrogens with one attached hydrogen (secondary N) is 1. The van der Waals surface area contributed by atoms with E-state index in [0.717, 1.165) is 17.1 Å². The smallest absolute Gasteiger partial charge is 0.224 e. The molecule has 0 fully saturated rings. The molecule has 3 nitrogen and oxygen atoms in total. The highest BCUT2D eigenvalue weighted by molar-refractivity contribution is 7.99. The Morgan fingerprint density at radius 1 is 1.33 bits per heavy atom. The van der Waals surface area contributed by atoms with Crippen LogP contribution in [-0.4, -0.2) is 18.2 Å². The summed E-state index contributed by atoms with van der Waals surface area (Å²) in [5.74, 6) is 0.667. The first kappa shape index (κ1) is 15.6. The summed E-state index contributed by atoms with van der Waals surface area (Å²) >= 11 is 1.64. The zero-order valence-corrected chi connectivity index (χ0v) is 12.4. The third kappa shape index (κ3) is 4.61. The predicted molar refractivity (Wildman–Crippen MR) is 81.1 cm³/mol. The van der Waals surface area contributed by atoms with Gasteiger partial charge in [0.05, 0.1) is 6.07 Å². The molecule has 1 aromatic carbocycles. The summed E-state index contributed by atoms with van der Waals surface area (Å²) in [7, 11) is 0. The highest BCUT2D eigenvalue weighted by Gasteiger charge is 2.28. The second-order valence-corrected chi connectivity index (χ2v) is 6.04. The van der Waals surface area contributed by atoms with Crippen molar-refractivity contribution >= 4 is 17.7 Å². The topological polar surface area (TPSA) is 52.9 Å². The van der Waals surface area contributed by atoms with Crippen molar-refractivity contribution in [3.63, 3.8) is 0 Å². The highest BCUT2D eigenvalue weighted by Crippen LogP contribution is 2.31. The number of hydrogen-bond donors (Lipinski definition) is 1. The van der Waals surface area contributed by atoms with Crippen molar-refractivity contribution < 1.29 is 9.18 Å². The molecule has 2 atom stereocenters. The third-order valence-corrected chi connectivity index (χ3v) is 4.72. The van der Waals surface area contributed by atoms with Crippen LogP contribution in [0.5, 0.6) is 0 Å². The van der Waals surface area contributed by atoms with Gasteiger partial charge in [0, 0.05) is 16.6 Å². The average molecular weight is 304 g/mol. The predicted octanol–water partition coefficient (Wildman–Crippen LogP) is 3.14. The van der Waals surface area contributed by atoms with Crippen molar-refractivity contribution in [2.24, 2.45) is 11.8 Å². The number of thioether (sulfide) groups is 1. The van der Waals surface area contributed by atoms with Gasteiger partial charge in [0.15, 0.2) is 0 Å². The van der Waals surface area contributed by atoms with E-state index in [1.54, 1.807) is 23.9 Å². The van der Waals surface area contributed by atoms with E-state index in [0.29, 0.717) is 6.42 Å². The standard InChI is InChI=1S/C16H17FN2OS/c17-13-5-7-14(8-6-13)21-11-12-3-1-2-4-15(12)16(20)19-10-9-18/h1-2,5-8,12,15H,3-4,10-11H2,(H,19,20)/t12-,15+/m0/s1. The van der Waals surface area contributed by atoms with Gasteiger partial charge in [0.1, 0.15) is 12.4 Å². The van der Waals surface area contributed by atoms with Crippen molar-refractivity contribution in [3.05, 3.63) is 42.2 Å². The van der Waals surface area contributed by atoms with Gasteiger partial charge in [-0.05, 0) is 43.0 Å². The fourth-order valence-corrected chi connectivity index (χ4v) is 3.47. The molecule has 0 unspecified atom stereocenters. The van der Waals surface area contributed by atoms with E-state index >= 15 is 0 Å². The maximum absolute atomic E-state index is 12.9. The van der Waals surface area contributed by atoms with E-state index in [4.69, 9.17) is 5.26 Å². The lowest BCUT2D eigenvalue weighted by atomic mass is 9.83. The van der Waals surface area contributed by atoms with Gasteiger partial charge in [0.2, 0.25) is 5.91 Å². The summed E-state index contributed by atoms with van der Waals surface area (Å²) in [4.78, 5) is 13.1. The molecule has 1 N–H and O–H groups in total. The Bertz CT molecular complexity index is 550. The van der Waals surface area contributed by atoms with E-state index < -0.39 is 0 Å². The second-order valence-electron chi connectivity index (χ2n) is 4.95. The normalized spacial score (nSPS) is 20.8. The summed E-state index contributed by atoms with van der Waals surface area (Å²) < 4.78 is 12.9. The van der Waals surface area contributed by atoms with Gasteiger partial charge in [-0.3, -0.25) is 4.79 Å². The zero-order chi connectivity index (χ0) is 15.1. The summed E-state index contributed by atoms with van der Waals surface area (Å²) in [5, 5.41) is 11.2. The molecule has 110 valence electrons. The molecule has 1 amide bonds. The van der Waals surface area contributed by atoms with Gasteiger partial charge in [-0.15, -0.1) is 11.8 Å². The molecular weight excluding hydrogens is 287 g/mol. The maximum atomic E-state index is 12.9. The van der Waals surface area contributed by atoms with Gasteiger partial charge in [-0.1, -0.05) is 12.2 Å². The number of allylic oxidation sites excluding steroid dienone is 2. The first-order valence-electron chi connectivity index (χ1n) is 6.88. The van der Waals surface area contributed by atoms with E-state index in [-0.39, 0.29) is 30.1 Å². The van der Waals surface area contributed by atoms with Crippen LogP contribution >= 0.6 is 11.8 Å². The number of amides is 1. The number of hydrogen-bond acceptors (Lipinski definition) is 3. The van der Waals surface area contributed by atoms with Crippen molar-refractivity contribution in [1.29, 1.82) is 5.26 Å². The Kier molecular flexibility index (Phi) is 5.82. The quantitative estimate of drug-likeness (QED) is 0.516. The monoisotopic (exact) mass is 304 g/mol. The van der Waals surface area contributed by atoms with E-state index in [1.807, 2.05) is 12.1 Å². The van der Waals surface area contributed by atoms with E-state index in [9.17, 15) is 9.18 Å². The number of nitriles is 1. The molecule has 0 saturated heterocycles. The van der Waals surface area contributed by atoms with E-state index in [1.165, 1.54) is 12.1 Å². The van der Waals surface area contributed by atoms with Gasteiger partial charge in [0.25, 0.3) is 0 Å². The fourth-order valence-electron chi connectivity index (χ4n) is 2.37. The van der Waals surface area contributed by atoms with Crippen molar-refractivity contribution in [2.45, 2.75) is 17.7 Å². The molecular formula is C16H17FN2OS. The third-order valence-electron chi connectivity index (χ3n) is 3.52. The number of nitrogens with zero attached hydrogens (tertiary/aromatic N) is 1. The van der Waals surface area contributed by atoms with Gasteiger partial charge in [-0.25, -0.2) is 4.39 Å². The molecule has 0 bridgehead atoms. The van der Waals surface area contributed by atoms with Crippen molar-refractivity contribution in [3.8, 4) is 6.07 Å². The Hall–Kier alpha value is -1.80. The summed E-state index contributed by atoms with van der Waals surface area (Å²) in [6.45, 7) is 0.0525. The first-order chi connectivity index (χ1) is 10.2. The van der Waals surface area contributed by atoms with E-state index in [2.05, 4.69) is 11.4 Å². The molecule has 0 aliphatic heterocycles. The van der Waals surface area contributed by atoms with Crippen LogP contribution in [0.25, 0.3) is 0 Å². The molecule has 21 heavy (non-hydrogen) atoms. The lowest BCUT2D eigenvalue weighted by Crippen LogP contribution is -2.36. The minimum absolute atomic E-state index is 0.0504. The molecule has 1 aliphatic rings. The molecule has 1 aromatic rings. The summed E-state index contributed by atoms with van der Waals surface area (Å²) in [5.41, 5.74) is 0. The number of carbonyl (C=O) groups is 1. The first-order valence-corrected chi connectivity index (χ1v) is 7.87. The van der Waals surface area contributed by atoms with Crippen LogP contribution in [0, 0.1) is 29.0 Å². The molecule has 2 rings (SSSR count). The largest absolute Gasteiger partial charge is 0.343 e. The minimum atomic E-state index is -0.242. The van der Waals surface area contributed by atoms with Crippen LogP contribution in [0.3, 0.4) is 0 Å². The number of carbonyl (C=O) groups excluding carboxylic acids is 1. The van der Waals surface area contributed by atoms with Crippen LogP contribution in [0.1, 0.15) is 12.8 Å². The Morgan fingerprint density at radius 2 is 2.05 bits per heavy atom. The maximum Gasteiger partial charge on any atom is 0.224 e. The Labute approximate surface area is 128 Å². The van der Waals surface area contributed by atoms with Gasteiger partial charge in [-0.2, -0.15) is 5.26 Å². The van der Waals surface area contributed by atoms with Crippen LogP contribution in [0.2, 0.25) is 0 Å². The lowest BCUT2D eigenvalue weighted by molar-refractivity contribution is -0.126. The van der Waals surface area contributed by atoms with Gasteiger partial charge >= 0.3 is 0 Å². The van der Waals surface area contributed by atoms with Crippen molar-refractivity contribution in [1.82, 2.24) is 5.32 Å². The SMILES string of the molecule is N#CCNC(=O)[C@@H]1CC=CC[C@H]1CSc1ccc(F)cc1. The molecule has 0 spiro atoms. The molecule has 0 saturated carbocycles. The number of rotatable bonds is 5. The zero-order valence-electron chi connectivity index (χ0n) is 11.6. The minimum Gasteiger partial charge on any atom is -0.343 e.